The Balaban J connectivity index is 1.46. The Morgan fingerprint density at radius 3 is 2.67 bits per heavy atom. The van der Waals surface area contributed by atoms with E-state index in [1.54, 1.807) is 0 Å². The molecule has 0 atom stereocenters. The first kappa shape index (κ1) is 17.5. The summed E-state index contributed by atoms with van der Waals surface area (Å²) in [5, 5.41) is 11.7. The third-order valence-corrected chi connectivity index (χ3v) is 5.15. The molecule has 0 saturated heterocycles. The highest BCUT2D eigenvalue weighted by atomic mass is 16.1. The summed E-state index contributed by atoms with van der Waals surface area (Å²) in [5.41, 5.74) is 4.02. The SMILES string of the molecule is Cc1ccccc1CC(=O)Nc1ccc(-c2nnc3n2CCCCC3)cc1. The number of carbonyl (C=O) groups is 1. The minimum absolute atomic E-state index is 0.00612. The van der Waals surface area contributed by atoms with Gasteiger partial charge in [-0.2, -0.15) is 0 Å². The van der Waals surface area contributed by atoms with Gasteiger partial charge >= 0.3 is 0 Å². The maximum atomic E-state index is 12.3. The minimum Gasteiger partial charge on any atom is -0.326 e. The van der Waals surface area contributed by atoms with Crippen molar-refractivity contribution in [3.05, 3.63) is 65.5 Å². The summed E-state index contributed by atoms with van der Waals surface area (Å²) in [4.78, 5) is 12.3. The number of fused-ring (bicyclic) bond motifs is 1. The fourth-order valence-electron chi connectivity index (χ4n) is 3.59. The second kappa shape index (κ2) is 7.74. The third-order valence-electron chi connectivity index (χ3n) is 5.15. The number of anilines is 1. The lowest BCUT2D eigenvalue weighted by Gasteiger charge is -2.09. The van der Waals surface area contributed by atoms with E-state index in [0.29, 0.717) is 6.42 Å². The first-order valence-corrected chi connectivity index (χ1v) is 9.57. The number of nitrogens with zero attached hydrogens (tertiary/aromatic N) is 3. The van der Waals surface area contributed by atoms with Gasteiger partial charge in [-0.3, -0.25) is 4.79 Å². The number of nitrogens with one attached hydrogen (secondary N) is 1. The zero-order valence-corrected chi connectivity index (χ0v) is 15.6. The molecule has 0 radical (unpaired) electrons. The van der Waals surface area contributed by atoms with Crippen molar-refractivity contribution >= 4 is 11.6 Å². The van der Waals surface area contributed by atoms with E-state index >= 15 is 0 Å². The summed E-state index contributed by atoms with van der Waals surface area (Å²) in [6.45, 7) is 3.01. The summed E-state index contributed by atoms with van der Waals surface area (Å²) in [6, 6.07) is 15.9. The van der Waals surface area contributed by atoms with Crippen molar-refractivity contribution in [2.45, 2.75) is 45.6 Å². The maximum Gasteiger partial charge on any atom is 0.228 e. The zero-order chi connectivity index (χ0) is 18.6. The summed E-state index contributed by atoms with van der Waals surface area (Å²) < 4.78 is 2.23. The van der Waals surface area contributed by atoms with Crippen LogP contribution in [-0.4, -0.2) is 20.7 Å². The molecule has 0 bridgehead atoms. The monoisotopic (exact) mass is 360 g/mol. The van der Waals surface area contributed by atoms with Crippen molar-refractivity contribution in [1.29, 1.82) is 0 Å². The Morgan fingerprint density at radius 2 is 1.85 bits per heavy atom. The molecule has 3 aromatic rings. The van der Waals surface area contributed by atoms with Gasteiger partial charge in [0.1, 0.15) is 5.82 Å². The van der Waals surface area contributed by atoms with Crippen LogP contribution >= 0.6 is 0 Å². The number of hydrogen-bond acceptors (Lipinski definition) is 3. The number of aromatic nitrogens is 3. The Labute approximate surface area is 159 Å². The third kappa shape index (κ3) is 3.92. The van der Waals surface area contributed by atoms with Crippen molar-refractivity contribution in [3.8, 4) is 11.4 Å². The van der Waals surface area contributed by atoms with E-state index in [9.17, 15) is 4.79 Å². The molecule has 5 heteroatoms. The average molecular weight is 360 g/mol. The summed E-state index contributed by atoms with van der Waals surface area (Å²) in [7, 11) is 0. The quantitative estimate of drug-likeness (QED) is 0.760. The smallest absolute Gasteiger partial charge is 0.228 e. The molecule has 4 rings (SSSR count). The molecule has 0 saturated carbocycles. The number of hydrogen-bond donors (Lipinski definition) is 1. The molecule has 1 N–H and O–H groups in total. The van der Waals surface area contributed by atoms with E-state index < -0.39 is 0 Å². The van der Waals surface area contributed by atoms with Crippen LogP contribution in [0.5, 0.6) is 0 Å². The second-order valence-electron chi connectivity index (χ2n) is 7.13. The highest BCUT2D eigenvalue weighted by molar-refractivity contribution is 5.92. The Kier molecular flexibility index (Phi) is 5.01. The zero-order valence-electron chi connectivity index (χ0n) is 15.6. The normalized spacial score (nSPS) is 13.7. The summed E-state index contributed by atoms with van der Waals surface area (Å²) in [5.74, 6) is 2.00. The Bertz CT molecular complexity index is 943. The number of amides is 1. The Morgan fingerprint density at radius 1 is 1.04 bits per heavy atom. The van der Waals surface area contributed by atoms with E-state index in [0.717, 1.165) is 47.0 Å². The molecular weight excluding hydrogens is 336 g/mol. The highest BCUT2D eigenvalue weighted by Gasteiger charge is 2.16. The van der Waals surface area contributed by atoms with E-state index in [1.807, 2.05) is 55.5 Å². The summed E-state index contributed by atoms with van der Waals surface area (Å²) in [6.07, 6.45) is 4.98. The molecule has 0 spiro atoms. The lowest BCUT2D eigenvalue weighted by atomic mass is 10.1. The topological polar surface area (TPSA) is 59.8 Å². The lowest BCUT2D eigenvalue weighted by Crippen LogP contribution is -2.14. The van der Waals surface area contributed by atoms with Crippen molar-refractivity contribution in [2.75, 3.05) is 5.32 Å². The van der Waals surface area contributed by atoms with E-state index in [-0.39, 0.29) is 5.91 Å². The van der Waals surface area contributed by atoms with Crippen LogP contribution < -0.4 is 5.32 Å². The van der Waals surface area contributed by atoms with Crippen molar-refractivity contribution < 1.29 is 4.79 Å². The molecular formula is C22H24N4O. The van der Waals surface area contributed by atoms with Crippen LogP contribution in [0.2, 0.25) is 0 Å². The Hall–Kier alpha value is -2.95. The van der Waals surface area contributed by atoms with Crippen molar-refractivity contribution in [3.63, 3.8) is 0 Å². The van der Waals surface area contributed by atoms with E-state index in [1.165, 1.54) is 19.3 Å². The standard InChI is InChI=1S/C22H24N4O/c1-16-7-4-5-8-18(16)15-21(27)23-19-12-10-17(11-13-19)22-25-24-20-9-3-2-6-14-26(20)22/h4-5,7-8,10-13H,2-3,6,9,14-15H2,1H3,(H,23,27). The van der Waals surface area contributed by atoms with Crippen LogP contribution in [0.4, 0.5) is 5.69 Å². The molecule has 2 aromatic carbocycles. The maximum absolute atomic E-state index is 12.3. The number of rotatable bonds is 4. The predicted octanol–water partition coefficient (Wildman–Crippen LogP) is 4.16. The minimum atomic E-state index is -0.00612. The van der Waals surface area contributed by atoms with Crippen molar-refractivity contribution in [1.82, 2.24) is 14.8 Å². The molecule has 0 aliphatic carbocycles. The molecule has 0 fully saturated rings. The second-order valence-corrected chi connectivity index (χ2v) is 7.13. The fourth-order valence-corrected chi connectivity index (χ4v) is 3.59. The van der Waals surface area contributed by atoms with E-state index in [2.05, 4.69) is 20.1 Å². The number of benzene rings is 2. The fraction of sp³-hybridized carbons (Fsp3) is 0.318. The van der Waals surface area contributed by atoms with Gasteiger partial charge in [0.05, 0.1) is 6.42 Å². The van der Waals surface area contributed by atoms with Crippen LogP contribution in [0.1, 0.15) is 36.2 Å². The van der Waals surface area contributed by atoms with Gasteiger partial charge in [-0.1, -0.05) is 30.7 Å². The van der Waals surface area contributed by atoms with E-state index in [4.69, 9.17) is 0 Å². The van der Waals surface area contributed by atoms with Crippen LogP contribution in [-0.2, 0) is 24.2 Å². The van der Waals surface area contributed by atoms with Crippen LogP contribution in [0, 0.1) is 6.92 Å². The predicted molar refractivity (Wildman–Crippen MR) is 107 cm³/mol. The van der Waals surface area contributed by atoms with Gasteiger partial charge in [0, 0.05) is 24.2 Å². The molecule has 1 amide bonds. The van der Waals surface area contributed by atoms with Gasteiger partial charge in [-0.05, 0) is 55.2 Å². The molecule has 2 heterocycles. The first-order valence-electron chi connectivity index (χ1n) is 9.57. The van der Waals surface area contributed by atoms with Crippen LogP contribution in [0.3, 0.4) is 0 Å². The molecule has 138 valence electrons. The lowest BCUT2D eigenvalue weighted by molar-refractivity contribution is -0.115. The molecule has 0 unspecified atom stereocenters. The van der Waals surface area contributed by atoms with Gasteiger partial charge in [0.2, 0.25) is 5.91 Å². The average Bonchev–Trinajstić information content (AvgIpc) is 2.92. The number of carbonyl (C=O) groups excluding carboxylic acids is 1. The van der Waals surface area contributed by atoms with Gasteiger partial charge in [0.25, 0.3) is 0 Å². The van der Waals surface area contributed by atoms with Gasteiger partial charge in [-0.15, -0.1) is 10.2 Å². The first-order chi connectivity index (χ1) is 13.2. The summed E-state index contributed by atoms with van der Waals surface area (Å²) >= 11 is 0. The molecule has 1 aliphatic heterocycles. The molecule has 1 aliphatic rings. The highest BCUT2D eigenvalue weighted by Crippen LogP contribution is 2.24. The van der Waals surface area contributed by atoms with Crippen LogP contribution in [0.15, 0.2) is 48.5 Å². The van der Waals surface area contributed by atoms with Crippen molar-refractivity contribution in [2.24, 2.45) is 0 Å². The van der Waals surface area contributed by atoms with Gasteiger partial charge in [-0.25, -0.2) is 0 Å². The molecule has 1 aromatic heterocycles. The molecule has 27 heavy (non-hydrogen) atoms. The van der Waals surface area contributed by atoms with Crippen LogP contribution in [0.25, 0.3) is 11.4 Å². The van der Waals surface area contributed by atoms with Gasteiger partial charge in [0.15, 0.2) is 5.82 Å². The van der Waals surface area contributed by atoms with Gasteiger partial charge < -0.3 is 9.88 Å². The largest absolute Gasteiger partial charge is 0.326 e. The number of aryl methyl sites for hydroxylation is 2. The molecule has 5 nitrogen and oxygen atoms in total.